The minimum Gasteiger partial charge on any atom is -0.497 e. The number of rotatable bonds is 6. The van der Waals surface area contributed by atoms with Crippen molar-refractivity contribution in [1.82, 2.24) is 4.90 Å². The van der Waals surface area contributed by atoms with Crippen molar-refractivity contribution in [2.75, 3.05) is 44.5 Å². The first-order valence-electron chi connectivity index (χ1n) is 11.4. The van der Waals surface area contributed by atoms with Crippen molar-refractivity contribution in [2.24, 2.45) is 0 Å². The number of nitrogens with two attached hydrogens (primary N) is 1. The van der Waals surface area contributed by atoms with E-state index in [1.54, 1.807) is 37.4 Å². The summed E-state index contributed by atoms with van der Waals surface area (Å²) in [4.78, 5) is 15.4. The smallest absolute Gasteiger partial charge is 0.291 e. The number of ether oxygens (including phenoxy) is 2. The van der Waals surface area contributed by atoms with Crippen LogP contribution in [0.5, 0.6) is 5.75 Å². The number of halogens is 1. The third-order valence-electron chi connectivity index (χ3n) is 6.10. The molecule has 1 fully saturated rings. The molecule has 0 saturated carbocycles. The van der Waals surface area contributed by atoms with Crippen LogP contribution in [0.2, 0.25) is 0 Å². The van der Waals surface area contributed by atoms with Crippen LogP contribution in [0.1, 0.15) is 16.1 Å². The van der Waals surface area contributed by atoms with Crippen LogP contribution in [0, 0.1) is 5.82 Å². The molecule has 1 aliphatic heterocycles. The molecule has 0 unspecified atom stereocenters. The highest BCUT2D eigenvalue weighted by molar-refractivity contribution is 6.06. The number of fused-ring (bicyclic) bond motifs is 1. The van der Waals surface area contributed by atoms with E-state index in [0.717, 1.165) is 35.2 Å². The van der Waals surface area contributed by atoms with Crippen molar-refractivity contribution in [3.05, 3.63) is 77.8 Å². The normalized spacial score (nSPS) is 14.2. The number of nitrogens with zero attached hydrogens (tertiary/aromatic N) is 1. The minimum absolute atomic E-state index is 0.170. The van der Waals surface area contributed by atoms with E-state index >= 15 is 0 Å². The Bertz CT molecular complexity index is 1360. The Morgan fingerprint density at radius 1 is 1.06 bits per heavy atom. The number of nitrogens with one attached hydrogen (secondary N) is 1. The number of carbonyl (C=O) groups is 1. The van der Waals surface area contributed by atoms with Crippen molar-refractivity contribution >= 4 is 28.3 Å². The summed E-state index contributed by atoms with van der Waals surface area (Å²) in [7, 11) is 1.62. The number of benzene rings is 3. The predicted octanol–water partition coefficient (Wildman–Crippen LogP) is 4.91. The van der Waals surface area contributed by atoms with Crippen LogP contribution >= 0.6 is 0 Å². The van der Waals surface area contributed by atoms with E-state index in [1.807, 2.05) is 18.2 Å². The van der Waals surface area contributed by atoms with Gasteiger partial charge in [-0.05, 0) is 53.6 Å². The molecule has 1 amide bonds. The predicted molar refractivity (Wildman–Crippen MR) is 133 cm³/mol. The van der Waals surface area contributed by atoms with Crippen LogP contribution in [0.25, 0.3) is 22.1 Å². The molecule has 7 nitrogen and oxygen atoms in total. The van der Waals surface area contributed by atoms with E-state index in [2.05, 4.69) is 10.2 Å². The summed E-state index contributed by atoms with van der Waals surface area (Å²) in [5.41, 5.74) is 10.2. The average molecular weight is 476 g/mol. The van der Waals surface area contributed by atoms with E-state index in [0.29, 0.717) is 42.5 Å². The minimum atomic E-state index is -0.416. The van der Waals surface area contributed by atoms with Crippen LogP contribution in [-0.4, -0.2) is 44.2 Å². The van der Waals surface area contributed by atoms with Crippen molar-refractivity contribution in [3.8, 4) is 16.9 Å². The number of hydrogen-bond donors (Lipinski definition) is 2. The molecule has 0 aliphatic carbocycles. The molecule has 5 rings (SSSR count). The number of hydrogen-bond acceptors (Lipinski definition) is 6. The van der Waals surface area contributed by atoms with E-state index in [9.17, 15) is 9.18 Å². The van der Waals surface area contributed by atoms with E-state index < -0.39 is 5.91 Å². The molecule has 4 aromatic rings. The Hall–Kier alpha value is -3.88. The second-order valence-corrected chi connectivity index (χ2v) is 8.47. The van der Waals surface area contributed by atoms with Crippen LogP contribution < -0.4 is 15.8 Å². The van der Waals surface area contributed by atoms with Crippen LogP contribution in [-0.2, 0) is 11.3 Å². The summed E-state index contributed by atoms with van der Waals surface area (Å²) in [6, 6.07) is 16.9. The Kier molecular flexibility index (Phi) is 6.39. The highest BCUT2D eigenvalue weighted by Gasteiger charge is 2.19. The van der Waals surface area contributed by atoms with E-state index in [4.69, 9.17) is 19.6 Å². The summed E-state index contributed by atoms with van der Waals surface area (Å²) in [5, 5.41) is 3.63. The molecular weight excluding hydrogens is 449 g/mol. The van der Waals surface area contributed by atoms with Gasteiger partial charge in [-0.2, -0.15) is 0 Å². The summed E-state index contributed by atoms with van der Waals surface area (Å²) in [5.74, 6) is 0.139. The maximum absolute atomic E-state index is 13.3. The van der Waals surface area contributed by atoms with Gasteiger partial charge < -0.3 is 24.9 Å². The molecule has 0 spiro atoms. The van der Waals surface area contributed by atoms with Gasteiger partial charge in [0.1, 0.15) is 17.1 Å². The third-order valence-corrected chi connectivity index (χ3v) is 6.10. The van der Waals surface area contributed by atoms with Crippen molar-refractivity contribution in [3.63, 3.8) is 0 Å². The number of carbonyl (C=O) groups excluding carboxylic acids is 1. The van der Waals surface area contributed by atoms with Gasteiger partial charge in [0.25, 0.3) is 5.91 Å². The second-order valence-electron chi connectivity index (χ2n) is 8.47. The molecule has 0 radical (unpaired) electrons. The molecule has 3 N–H and O–H groups in total. The molecule has 35 heavy (non-hydrogen) atoms. The molecule has 180 valence electrons. The number of anilines is 2. The molecular formula is C27H26FN3O4. The van der Waals surface area contributed by atoms with Gasteiger partial charge in [0.2, 0.25) is 0 Å². The monoisotopic (exact) mass is 475 g/mol. The van der Waals surface area contributed by atoms with Crippen LogP contribution in [0.4, 0.5) is 15.8 Å². The van der Waals surface area contributed by atoms with Gasteiger partial charge in [0.15, 0.2) is 5.76 Å². The zero-order valence-electron chi connectivity index (χ0n) is 19.3. The second kappa shape index (κ2) is 9.77. The third kappa shape index (κ3) is 4.99. The van der Waals surface area contributed by atoms with Gasteiger partial charge in [-0.3, -0.25) is 9.69 Å². The van der Waals surface area contributed by atoms with E-state index in [1.165, 1.54) is 12.1 Å². The molecule has 8 heteroatoms. The standard InChI is InChI=1S/C27H26FN3O4/c1-33-22-12-19-15-25(35-26(19)20(13-22)16-31-8-10-34-11-9-31)27(32)30-24-14-18(4-7-23(24)29)17-2-5-21(28)6-3-17/h2-7,12-15H,8-11,16,29H2,1H3,(H,30,32). The zero-order chi connectivity index (χ0) is 24.4. The van der Waals surface area contributed by atoms with Crippen LogP contribution in [0.3, 0.4) is 0 Å². The quantitative estimate of drug-likeness (QED) is 0.385. The number of nitrogen functional groups attached to an aromatic ring is 1. The molecule has 1 aliphatic rings. The highest BCUT2D eigenvalue weighted by atomic mass is 19.1. The lowest BCUT2D eigenvalue weighted by molar-refractivity contribution is 0.0342. The molecule has 1 saturated heterocycles. The van der Waals surface area contributed by atoms with Gasteiger partial charge in [-0.1, -0.05) is 18.2 Å². The topological polar surface area (TPSA) is 90.0 Å². The SMILES string of the molecule is COc1cc(CN2CCOCC2)c2oc(C(=O)Nc3cc(-c4ccc(F)cc4)ccc3N)cc2c1. The Labute approximate surface area is 202 Å². The van der Waals surface area contributed by atoms with Crippen molar-refractivity contribution in [1.29, 1.82) is 0 Å². The molecule has 1 aromatic heterocycles. The average Bonchev–Trinajstić information content (AvgIpc) is 3.31. The lowest BCUT2D eigenvalue weighted by Gasteiger charge is -2.26. The van der Waals surface area contributed by atoms with Crippen molar-refractivity contribution in [2.45, 2.75) is 6.54 Å². The molecule has 0 atom stereocenters. The largest absolute Gasteiger partial charge is 0.497 e. The number of amides is 1. The van der Waals surface area contributed by atoms with Gasteiger partial charge in [-0.25, -0.2) is 4.39 Å². The first-order chi connectivity index (χ1) is 17.0. The van der Waals surface area contributed by atoms with Gasteiger partial charge in [0, 0.05) is 30.6 Å². The van der Waals surface area contributed by atoms with E-state index in [-0.39, 0.29) is 11.6 Å². The fraction of sp³-hybridized carbons (Fsp3) is 0.222. The highest BCUT2D eigenvalue weighted by Crippen LogP contribution is 2.31. The fourth-order valence-electron chi connectivity index (χ4n) is 4.21. The number of methoxy groups -OCH3 is 1. The number of furan rings is 1. The van der Waals surface area contributed by atoms with Crippen molar-refractivity contribution < 1.29 is 23.1 Å². The first kappa shape index (κ1) is 22.9. The summed E-state index contributed by atoms with van der Waals surface area (Å²) < 4.78 is 30.2. The fourth-order valence-corrected chi connectivity index (χ4v) is 4.21. The Balaban J connectivity index is 1.42. The molecule has 0 bridgehead atoms. The lowest BCUT2D eigenvalue weighted by Crippen LogP contribution is -2.35. The summed E-state index contributed by atoms with van der Waals surface area (Å²) >= 11 is 0. The lowest BCUT2D eigenvalue weighted by atomic mass is 10.0. The maximum atomic E-state index is 13.3. The van der Waals surface area contributed by atoms with Gasteiger partial charge in [-0.15, -0.1) is 0 Å². The Morgan fingerprint density at radius 3 is 2.54 bits per heavy atom. The summed E-state index contributed by atoms with van der Waals surface area (Å²) in [6.07, 6.45) is 0. The van der Waals surface area contributed by atoms with Crippen LogP contribution in [0.15, 0.2) is 65.1 Å². The molecule has 3 aromatic carbocycles. The maximum Gasteiger partial charge on any atom is 0.291 e. The zero-order valence-corrected chi connectivity index (χ0v) is 19.3. The first-order valence-corrected chi connectivity index (χ1v) is 11.4. The Morgan fingerprint density at radius 2 is 1.80 bits per heavy atom. The number of morpholine rings is 1. The molecule has 2 heterocycles. The van der Waals surface area contributed by atoms with Gasteiger partial charge in [0.05, 0.1) is 31.7 Å². The van der Waals surface area contributed by atoms with Gasteiger partial charge >= 0.3 is 0 Å². The summed E-state index contributed by atoms with van der Waals surface area (Å²) in [6.45, 7) is 3.71.